The molecule has 0 unspecified atom stereocenters. The lowest BCUT2D eigenvalue weighted by atomic mass is 9.63. The Morgan fingerprint density at radius 1 is 0.648 bits per heavy atom. The number of carbonyl (C=O) groups excluding carboxylic acids is 3. The lowest BCUT2D eigenvalue weighted by molar-refractivity contribution is 0.0151. The minimum atomic E-state index is -0.488. The number of benzene rings is 3. The first-order valence-corrected chi connectivity index (χ1v) is 31.2. The van der Waals surface area contributed by atoms with Crippen LogP contribution in [0, 0.1) is 5.41 Å². The first kappa shape index (κ1) is 69.5. The molecule has 6 aliphatic rings. The first-order chi connectivity index (χ1) is 43.3. The highest BCUT2D eigenvalue weighted by Crippen LogP contribution is 2.50. The highest BCUT2D eigenvalue weighted by molar-refractivity contribution is 6.11. The van der Waals surface area contributed by atoms with Gasteiger partial charge in [-0.2, -0.15) is 5.10 Å². The number of allylic oxidation sites excluding steroid dienone is 1. The van der Waals surface area contributed by atoms with E-state index in [4.69, 9.17) is 42.1 Å². The number of nitrogens with one attached hydrogen (secondary N) is 4. The summed E-state index contributed by atoms with van der Waals surface area (Å²) >= 11 is 0. The summed E-state index contributed by atoms with van der Waals surface area (Å²) in [5, 5.41) is 20.1. The number of fused-ring (bicyclic) bond motifs is 10. The van der Waals surface area contributed by atoms with Crippen LogP contribution in [-0.4, -0.2) is 167 Å². The molecule has 3 fully saturated rings. The largest absolute Gasteiger partial charge is 0.444 e. The van der Waals surface area contributed by atoms with Crippen LogP contribution in [0.4, 0.5) is 21.5 Å². The summed E-state index contributed by atoms with van der Waals surface area (Å²) in [5.41, 5.74) is 31.1. The Labute approximate surface area is 536 Å². The Balaban J connectivity index is 0.000000175. The van der Waals surface area contributed by atoms with E-state index in [0.717, 1.165) is 86.1 Å². The Morgan fingerprint density at radius 2 is 1.04 bits per heavy atom. The number of likely N-dealkylation sites (tertiary alicyclic amines) is 2. The standard InChI is InChI=1S/C22H28N4O2.C22H30N2O3.C17H20N4.C4H6N4.C2H7N3.CH5N/c1-21(2,3)28-20(27)26-11-9-22(10-12-26)13-15-14-24-19(23-4)25-18(15)16-7-5-6-8-17(16)22;1-21(2,3)27-20(26)24-12-10-22(11-13-24)14-16(15-23(4)5)19(25)17-8-6-7-9-18(17)22;1-18-16-20-11-12-10-17(6-8-19-9-7-17)14-5-3-2-4-13(14)15(12)21-16;5-4(6)8-3-1-2-7-8;1-5-2(3)4;1-2/h5-8,14H,9-13H2,1-4H3,(H,23,24,25);6-9,15H,10-14H2,1-5H3;2-5,11,19H,6-10H2,1H3,(H,18,20,21);1-3H,(H3,5,6);1H3,(H4,3,4,5);2H2,1H3/b;16-15+;;;;. The van der Waals surface area contributed by atoms with Crippen molar-refractivity contribution in [2.45, 2.75) is 127 Å². The maximum atomic E-state index is 12.9. The summed E-state index contributed by atoms with van der Waals surface area (Å²) in [4.78, 5) is 65.1. The number of nitrogens with two attached hydrogens (primary N) is 4. The summed E-state index contributed by atoms with van der Waals surface area (Å²) in [6, 6.07) is 27.0. The van der Waals surface area contributed by atoms with Crippen molar-refractivity contribution in [3.05, 3.63) is 149 Å². The second-order valence-corrected chi connectivity index (χ2v) is 25.8. The van der Waals surface area contributed by atoms with Crippen molar-refractivity contribution in [3.8, 4) is 22.5 Å². The van der Waals surface area contributed by atoms with E-state index in [-0.39, 0.29) is 46.1 Å². The molecule has 0 atom stereocenters. The Hall–Kier alpha value is -8.96. The number of carbonyl (C=O) groups is 3. The van der Waals surface area contributed by atoms with Gasteiger partial charge in [0, 0.05) is 131 Å². The molecule has 3 aromatic heterocycles. The number of hydrogen-bond donors (Lipinski definition) is 8. The third kappa shape index (κ3) is 17.1. The molecule has 23 heteroatoms. The van der Waals surface area contributed by atoms with Gasteiger partial charge in [0.15, 0.2) is 11.7 Å². The number of rotatable bonds is 3. The van der Waals surface area contributed by atoms with Crippen molar-refractivity contribution in [2.24, 2.45) is 27.9 Å². The number of aromatic nitrogens is 6. The van der Waals surface area contributed by atoms with Crippen molar-refractivity contribution in [2.75, 3.05) is 92.2 Å². The molecule has 0 saturated carbocycles. The molecule has 0 bridgehead atoms. The van der Waals surface area contributed by atoms with Gasteiger partial charge < -0.3 is 63.1 Å². The van der Waals surface area contributed by atoms with E-state index >= 15 is 0 Å². The van der Waals surface area contributed by atoms with Crippen LogP contribution in [0.5, 0.6) is 0 Å². The van der Waals surface area contributed by atoms with Crippen molar-refractivity contribution in [1.82, 2.24) is 49.7 Å². The number of hydrogen-bond acceptors (Lipinski definition) is 17. The van der Waals surface area contributed by atoms with Crippen LogP contribution < -0.4 is 38.9 Å². The van der Waals surface area contributed by atoms with E-state index in [2.05, 4.69) is 96.3 Å². The molecule has 6 aromatic rings. The van der Waals surface area contributed by atoms with Gasteiger partial charge in [0.2, 0.25) is 17.9 Å². The van der Waals surface area contributed by atoms with Gasteiger partial charge in [-0.25, -0.2) is 34.2 Å². The maximum absolute atomic E-state index is 12.9. The maximum Gasteiger partial charge on any atom is 0.410 e. The third-order valence-electron chi connectivity index (χ3n) is 17.0. The Morgan fingerprint density at radius 3 is 1.41 bits per heavy atom. The molecule has 6 heterocycles. The fourth-order valence-electron chi connectivity index (χ4n) is 12.8. The normalized spacial score (nSPS) is 17.1. The van der Waals surface area contributed by atoms with Crippen LogP contribution in [0.3, 0.4) is 0 Å². The summed E-state index contributed by atoms with van der Waals surface area (Å²) in [7, 11) is 10.6. The van der Waals surface area contributed by atoms with Crippen molar-refractivity contribution < 1.29 is 23.9 Å². The molecule has 3 aromatic carbocycles. The van der Waals surface area contributed by atoms with Crippen LogP contribution in [0.15, 0.2) is 120 Å². The van der Waals surface area contributed by atoms with Crippen LogP contribution in [-0.2, 0) is 38.6 Å². The van der Waals surface area contributed by atoms with Crippen molar-refractivity contribution in [3.63, 3.8) is 0 Å². The minimum absolute atomic E-state index is 0.0205. The highest BCUT2D eigenvalue weighted by atomic mass is 16.6. The molecule has 0 radical (unpaired) electrons. The minimum Gasteiger partial charge on any atom is -0.444 e. The second-order valence-electron chi connectivity index (χ2n) is 25.8. The zero-order valence-corrected chi connectivity index (χ0v) is 55.3. The summed E-state index contributed by atoms with van der Waals surface area (Å²) < 4.78 is 12.4. The summed E-state index contributed by atoms with van der Waals surface area (Å²) in [5.74, 6) is 1.54. The average molecular weight is 1250 g/mol. The highest BCUT2D eigenvalue weighted by Gasteiger charge is 2.46. The molecule has 12 N–H and O–H groups in total. The fraction of sp³-hybridized carbons (Fsp3) is 0.471. The molecule has 3 saturated heterocycles. The van der Waals surface area contributed by atoms with Crippen molar-refractivity contribution in [1.29, 1.82) is 5.41 Å². The lowest BCUT2D eigenvalue weighted by Crippen LogP contribution is -2.48. The van der Waals surface area contributed by atoms with Gasteiger partial charge in [-0.05, 0) is 153 Å². The Bertz CT molecular complexity index is 3510. The fourth-order valence-corrected chi connectivity index (χ4v) is 12.8. The number of nitrogen functional groups attached to an aromatic ring is 1. The SMILES string of the molecule is CN.CN(C)/C=C1\CC2(CCN(C(=O)OC(C)(C)C)CC2)c2ccccc2C1=O.CN=C(N)N.CNc1ncc2c(n1)-c1ccccc1C1(CCN(C(=O)OC(C)(C)C)CC1)C2.CNc1ncc2c(n1)-c1ccccc1C1(CCNCC1)C2.N=C(N)n1cccn1. The molecule has 91 heavy (non-hydrogen) atoms. The topological polar surface area (TPSA) is 325 Å². The molecule has 488 valence electrons. The molecular formula is C68H96N18O5. The number of nitrogens with zero attached hydrogens (tertiary/aromatic N) is 10. The number of ether oxygens (including phenoxy) is 2. The predicted molar refractivity (Wildman–Crippen MR) is 361 cm³/mol. The average Bonchev–Trinajstić information content (AvgIpc) is 1.08. The summed E-state index contributed by atoms with van der Waals surface area (Å²) in [6.45, 7) is 16.3. The number of piperidine rings is 3. The van der Waals surface area contributed by atoms with Gasteiger partial charge in [-0.3, -0.25) is 15.2 Å². The molecular weight excluding hydrogens is 1150 g/mol. The number of aliphatic imine (C=N–C) groups is 1. The zero-order chi connectivity index (χ0) is 66.3. The number of guanidine groups is 1. The van der Waals surface area contributed by atoms with Gasteiger partial charge in [-0.15, -0.1) is 0 Å². The van der Waals surface area contributed by atoms with E-state index in [1.54, 1.807) is 23.4 Å². The monoisotopic (exact) mass is 1240 g/mol. The molecule has 3 spiro atoms. The van der Waals surface area contributed by atoms with Gasteiger partial charge in [0.25, 0.3) is 0 Å². The number of anilines is 2. The lowest BCUT2D eigenvalue weighted by Gasteiger charge is -2.45. The summed E-state index contributed by atoms with van der Waals surface area (Å²) in [6.07, 6.45) is 17.2. The predicted octanol–water partition coefficient (Wildman–Crippen LogP) is 8.45. The van der Waals surface area contributed by atoms with E-state index in [1.165, 1.54) is 65.0 Å². The van der Waals surface area contributed by atoms with Gasteiger partial charge in [-0.1, -0.05) is 72.8 Å². The van der Waals surface area contributed by atoms with Crippen LogP contribution in [0.25, 0.3) is 22.5 Å². The number of Topliss-reactive ketones (excluding diaryl/α,β-unsaturated/α-hetero) is 1. The van der Waals surface area contributed by atoms with Gasteiger partial charge in [0.1, 0.15) is 11.2 Å². The van der Waals surface area contributed by atoms with E-state index in [0.29, 0.717) is 38.1 Å². The third-order valence-corrected chi connectivity index (χ3v) is 17.0. The van der Waals surface area contributed by atoms with Gasteiger partial charge >= 0.3 is 12.2 Å². The number of amides is 2. The van der Waals surface area contributed by atoms with Crippen LogP contribution in [0.2, 0.25) is 0 Å². The van der Waals surface area contributed by atoms with Crippen LogP contribution >= 0.6 is 0 Å². The van der Waals surface area contributed by atoms with Crippen LogP contribution in [0.1, 0.15) is 125 Å². The number of ketones is 1. The molecule has 3 aliphatic heterocycles. The molecule has 23 nitrogen and oxygen atoms in total. The molecule has 3 aliphatic carbocycles. The first-order valence-electron chi connectivity index (χ1n) is 31.2. The Kier molecular flexibility index (Phi) is 23.1. The zero-order valence-electron chi connectivity index (χ0n) is 55.3. The molecule has 2 amide bonds. The van der Waals surface area contributed by atoms with E-state index in [9.17, 15) is 14.4 Å². The molecule has 12 rings (SSSR count). The smallest absolute Gasteiger partial charge is 0.410 e. The van der Waals surface area contributed by atoms with E-state index in [1.807, 2.05) is 116 Å². The van der Waals surface area contributed by atoms with Gasteiger partial charge in [0.05, 0.1) is 11.4 Å². The van der Waals surface area contributed by atoms with Crippen molar-refractivity contribution >= 4 is 41.8 Å². The second kappa shape index (κ2) is 30.2. The van der Waals surface area contributed by atoms with E-state index < -0.39 is 11.2 Å². The quantitative estimate of drug-likeness (QED) is 0.0468.